The zero-order chi connectivity index (χ0) is 24.1. The van der Waals surface area contributed by atoms with Crippen molar-refractivity contribution in [3.63, 3.8) is 0 Å². The Balaban J connectivity index is 1.67. The van der Waals surface area contributed by atoms with E-state index in [2.05, 4.69) is 12.2 Å². The summed E-state index contributed by atoms with van der Waals surface area (Å²) in [5.74, 6) is 0. The molecule has 0 aliphatic rings. The first-order valence-electron chi connectivity index (χ1n) is 12.2. The van der Waals surface area contributed by atoms with Crippen molar-refractivity contribution in [3.8, 4) is 0 Å². The van der Waals surface area contributed by atoms with E-state index >= 15 is 0 Å². The quantitative estimate of drug-likeness (QED) is 0.243. The number of hydrogen-bond donors (Lipinski definition) is 3. The van der Waals surface area contributed by atoms with Crippen LogP contribution >= 0.6 is 0 Å². The number of anilines is 1. The molecule has 184 valence electrons. The Morgan fingerprint density at radius 1 is 0.848 bits per heavy atom. The largest absolute Gasteiger partial charge is 0.416 e. The predicted octanol–water partition coefficient (Wildman–Crippen LogP) is 7.25. The summed E-state index contributed by atoms with van der Waals surface area (Å²) in [6, 6.07) is 12.4. The Hall–Kier alpha value is -2.05. The third-order valence-corrected chi connectivity index (χ3v) is 6.01. The molecule has 0 aliphatic heterocycles. The number of aliphatic hydroxyl groups is 1. The predicted molar refractivity (Wildman–Crippen MR) is 130 cm³/mol. The molecule has 0 heterocycles. The van der Waals surface area contributed by atoms with Gasteiger partial charge in [-0.3, -0.25) is 0 Å². The molecule has 0 spiro atoms. The molecular formula is C27H39F3N2O. The van der Waals surface area contributed by atoms with Gasteiger partial charge in [0.1, 0.15) is 0 Å². The number of nitrogens with one attached hydrogen (secondary N) is 1. The lowest BCUT2D eigenvalue weighted by Crippen LogP contribution is -2.19. The minimum Gasteiger partial charge on any atom is -0.391 e. The monoisotopic (exact) mass is 464 g/mol. The second-order valence-electron chi connectivity index (χ2n) is 8.93. The van der Waals surface area contributed by atoms with Gasteiger partial charge in [0.15, 0.2) is 0 Å². The number of nitrogens with two attached hydrogens (primary N) is 1. The van der Waals surface area contributed by atoms with Gasteiger partial charge in [-0.25, -0.2) is 0 Å². The number of halogens is 3. The van der Waals surface area contributed by atoms with Gasteiger partial charge in [-0.15, -0.1) is 0 Å². The molecule has 2 aromatic carbocycles. The van der Waals surface area contributed by atoms with Crippen molar-refractivity contribution in [1.82, 2.24) is 0 Å². The molecule has 33 heavy (non-hydrogen) atoms. The molecule has 0 aromatic heterocycles. The highest BCUT2D eigenvalue weighted by Gasteiger charge is 2.30. The van der Waals surface area contributed by atoms with Crippen LogP contribution < -0.4 is 11.1 Å². The molecule has 2 aromatic rings. The van der Waals surface area contributed by atoms with Crippen LogP contribution in [0.1, 0.15) is 87.4 Å². The molecule has 2 rings (SSSR count). The van der Waals surface area contributed by atoms with E-state index in [4.69, 9.17) is 5.73 Å². The van der Waals surface area contributed by atoms with Crippen LogP contribution in [0.3, 0.4) is 0 Å². The summed E-state index contributed by atoms with van der Waals surface area (Å²) in [7, 11) is 0. The van der Waals surface area contributed by atoms with Crippen LogP contribution in [0.25, 0.3) is 0 Å². The second kappa shape index (κ2) is 14.3. The van der Waals surface area contributed by atoms with Gasteiger partial charge in [0, 0.05) is 18.3 Å². The zero-order valence-electron chi connectivity index (χ0n) is 19.7. The third-order valence-electron chi connectivity index (χ3n) is 6.01. The Bertz CT molecular complexity index is 775. The topological polar surface area (TPSA) is 58.3 Å². The molecule has 0 fully saturated rings. The average Bonchev–Trinajstić information content (AvgIpc) is 2.80. The highest BCUT2D eigenvalue weighted by Crippen LogP contribution is 2.30. The fourth-order valence-corrected chi connectivity index (χ4v) is 3.90. The highest BCUT2D eigenvalue weighted by molar-refractivity contribution is 5.45. The lowest BCUT2D eigenvalue weighted by atomic mass is 9.98. The van der Waals surface area contributed by atoms with E-state index in [1.807, 2.05) is 24.3 Å². The fraction of sp³-hybridized carbons (Fsp3) is 0.556. The van der Waals surface area contributed by atoms with E-state index in [-0.39, 0.29) is 12.1 Å². The zero-order valence-corrected chi connectivity index (χ0v) is 19.7. The number of rotatable bonds is 15. The van der Waals surface area contributed by atoms with Crippen molar-refractivity contribution in [2.24, 2.45) is 5.73 Å². The number of alkyl halides is 3. The Morgan fingerprint density at radius 3 is 2.00 bits per heavy atom. The maximum absolute atomic E-state index is 12.7. The van der Waals surface area contributed by atoms with E-state index in [1.165, 1.54) is 57.1 Å². The van der Waals surface area contributed by atoms with Gasteiger partial charge in [0.05, 0.1) is 11.7 Å². The van der Waals surface area contributed by atoms with Crippen LogP contribution in [-0.4, -0.2) is 17.8 Å². The molecule has 2 unspecified atom stereocenters. The summed E-state index contributed by atoms with van der Waals surface area (Å²) in [6.45, 7) is 2.74. The normalized spacial score (nSPS) is 13.6. The molecule has 6 heteroatoms. The van der Waals surface area contributed by atoms with E-state index in [1.54, 1.807) is 0 Å². The van der Waals surface area contributed by atoms with Gasteiger partial charge in [-0.05, 0) is 48.2 Å². The minimum absolute atomic E-state index is 0.363. The van der Waals surface area contributed by atoms with E-state index in [0.717, 1.165) is 36.2 Å². The van der Waals surface area contributed by atoms with Gasteiger partial charge >= 0.3 is 6.18 Å². The first-order valence-corrected chi connectivity index (χ1v) is 12.2. The molecule has 0 radical (unpaired) electrons. The van der Waals surface area contributed by atoms with E-state index < -0.39 is 11.7 Å². The molecule has 0 saturated heterocycles. The lowest BCUT2D eigenvalue weighted by Gasteiger charge is -2.15. The molecule has 0 aliphatic carbocycles. The van der Waals surface area contributed by atoms with Crippen LogP contribution in [0.5, 0.6) is 0 Å². The average molecular weight is 465 g/mol. The number of unbranched alkanes of at least 4 members (excludes halogenated alkanes) is 7. The van der Waals surface area contributed by atoms with Crippen LogP contribution in [0.4, 0.5) is 18.9 Å². The first-order chi connectivity index (χ1) is 15.8. The molecule has 4 N–H and O–H groups in total. The van der Waals surface area contributed by atoms with Crippen molar-refractivity contribution < 1.29 is 18.3 Å². The summed E-state index contributed by atoms with van der Waals surface area (Å²) in [6.07, 6.45) is 6.68. The summed E-state index contributed by atoms with van der Waals surface area (Å²) in [4.78, 5) is 0. The fourth-order valence-electron chi connectivity index (χ4n) is 3.90. The Morgan fingerprint density at radius 2 is 1.42 bits per heavy atom. The van der Waals surface area contributed by atoms with Crippen molar-refractivity contribution in [2.75, 3.05) is 11.9 Å². The SMILES string of the molecule is CCCCCCCCCCC(O)CNc1ccc(CC(N)c2ccc(C(F)(F)F)cc2)cc1. The van der Waals surface area contributed by atoms with Crippen molar-refractivity contribution in [2.45, 2.75) is 89.5 Å². The molecule has 0 bridgehead atoms. The summed E-state index contributed by atoms with van der Waals surface area (Å²) in [5.41, 5.74) is 8.13. The maximum Gasteiger partial charge on any atom is 0.416 e. The Kier molecular flexibility index (Phi) is 11.8. The van der Waals surface area contributed by atoms with Crippen LogP contribution in [0.2, 0.25) is 0 Å². The maximum atomic E-state index is 12.7. The van der Waals surface area contributed by atoms with Crippen molar-refractivity contribution in [1.29, 1.82) is 0 Å². The Labute approximate surface area is 196 Å². The van der Waals surface area contributed by atoms with Gasteiger partial charge in [-0.1, -0.05) is 82.6 Å². The first kappa shape index (κ1) is 27.2. The van der Waals surface area contributed by atoms with Crippen molar-refractivity contribution >= 4 is 5.69 Å². The number of benzene rings is 2. The summed E-state index contributed by atoms with van der Waals surface area (Å²) >= 11 is 0. The standard InChI is InChI=1S/C27H39F3N2O/c1-2-3-4-5-6-7-8-9-10-25(33)20-32-24-17-11-21(12-18-24)19-26(31)22-13-15-23(16-14-22)27(28,29)30/h11-18,25-26,32-33H,2-10,19-20,31H2,1H3. The molecule has 0 saturated carbocycles. The molecule has 3 nitrogen and oxygen atoms in total. The van der Waals surface area contributed by atoms with Gasteiger partial charge in [0.25, 0.3) is 0 Å². The van der Waals surface area contributed by atoms with E-state index in [0.29, 0.717) is 18.5 Å². The number of hydrogen-bond acceptors (Lipinski definition) is 3. The third kappa shape index (κ3) is 10.6. The second-order valence-corrected chi connectivity index (χ2v) is 8.93. The minimum atomic E-state index is -4.34. The van der Waals surface area contributed by atoms with Gasteiger partial charge in [-0.2, -0.15) is 13.2 Å². The highest BCUT2D eigenvalue weighted by atomic mass is 19.4. The van der Waals surface area contributed by atoms with Crippen molar-refractivity contribution in [3.05, 3.63) is 65.2 Å². The summed E-state index contributed by atoms with van der Waals surface area (Å²) < 4.78 is 38.1. The molecule has 0 amide bonds. The summed E-state index contributed by atoms with van der Waals surface area (Å²) in [5, 5.41) is 13.5. The van der Waals surface area contributed by atoms with Crippen LogP contribution in [0.15, 0.2) is 48.5 Å². The van der Waals surface area contributed by atoms with Gasteiger partial charge in [0.2, 0.25) is 0 Å². The lowest BCUT2D eigenvalue weighted by molar-refractivity contribution is -0.137. The van der Waals surface area contributed by atoms with Gasteiger partial charge < -0.3 is 16.2 Å². The smallest absolute Gasteiger partial charge is 0.391 e. The number of aliphatic hydroxyl groups excluding tert-OH is 1. The molecule has 2 atom stereocenters. The van der Waals surface area contributed by atoms with Crippen LogP contribution in [-0.2, 0) is 12.6 Å². The molecular weight excluding hydrogens is 425 g/mol. The van der Waals surface area contributed by atoms with E-state index in [9.17, 15) is 18.3 Å². The van der Waals surface area contributed by atoms with Crippen LogP contribution in [0, 0.1) is 0 Å².